The Morgan fingerprint density at radius 3 is 1.34 bits per heavy atom. The number of aromatic nitrogens is 2. The van der Waals surface area contributed by atoms with Gasteiger partial charge in [0.05, 0.1) is 27.9 Å². The summed E-state index contributed by atoms with van der Waals surface area (Å²) in [6.45, 7) is -0.415. The van der Waals surface area contributed by atoms with E-state index in [9.17, 15) is 45.6 Å². The van der Waals surface area contributed by atoms with E-state index in [-0.39, 0.29) is 34.0 Å². The van der Waals surface area contributed by atoms with Crippen LogP contribution in [0.25, 0.3) is 21.8 Å². The first kappa shape index (κ1) is 46.1. The molecule has 6 aromatic rings. The Bertz CT molecular complexity index is 3060. The molecule has 0 saturated heterocycles. The highest BCUT2D eigenvalue weighted by atomic mass is 79.9. The summed E-state index contributed by atoms with van der Waals surface area (Å²) in [5.41, 5.74) is 1.42. The number of carbonyl (C=O) groups excluding carboxylic acids is 3. The first-order valence-corrected chi connectivity index (χ1v) is 23.1. The fourth-order valence-corrected chi connectivity index (χ4v) is 7.96. The summed E-state index contributed by atoms with van der Waals surface area (Å²) in [5.74, 6) is -3.34. The van der Waals surface area contributed by atoms with E-state index in [0.29, 0.717) is 37.3 Å². The molecule has 16 nitrogen and oxygen atoms in total. The molecule has 3 N–H and O–H groups in total. The van der Waals surface area contributed by atoms with Gasteiger partial charge in [0.15, 0.2) is 19.7 Å². The minimum Gasteiger partial charge on any atom is -0.480 e. The Labute approximate surface area is 365 Å². The molecule has 6 rings (SSSR count). The Balaban J connectivity index is 0.000000231. The zero-order chi connectivity index (χ0) is 44.8. The third kappa shape index (κ3) is 11.7. The number of fused-ring (bicyclic) bond motifs is 2. The highest BCUT2D eigenvalue weighted by Crippen LogP contribution is 2.22. The minimum atomic E-state index is -3.32. The van der Waals surface area contributed by atoms with Gasteiger partial charge in [0.25, 0.3) is 11.8 Å². The number of nitrogens with one attached hydrogen (secondary N) is 2. The van der Waals surface area contributed by atoms with Crippen molar-refractivity contribution in [1.29, 1.82) is 0 Å². The largest absolute Gasteiger partial charge is 0.480 e. The first-order chi connectivity index (χ1) is 28.7. The number of carbonyl (C=O) groups is 4. The van der Waals surface area contributed by atoms with Crippen molar-refractivity contribution in [2.45, 2.75) is 22.9 Å². The molecule has 0 spiro atoms. The van der Waals surface area contributed by atoms with E-state index in [1.165, 1.54) is 43.8 Å². The smallest absolute Gasteiger partial charge is 0.325 e. The third-order valence-electron chi connectivity index (χ3n) is 9.00. The van der Waals surface area contributed by atoms with E-state index in [1.807, 2.05) is 0 Å². The Morgan fingerprint density at radius 1 is 0.623 bits per heavy atom. The molecule has 4 aromatic carbocycles. The lowest BCUT2D eigenvalue weighted by atomic mass is 10.1. The van der Waals surface area contributed by atoms with Crippen molar-refractivity contribution in [2.24, 2.45) is 0 Å². The second kappa shape index (κ2) is 19.2. The fraction of sp³-hybridized carbons (Fsp3) is 0.171. The van der Waals surface area contributed by atoms with Crippen LogP contribution in [0.2, 0.25) is 0 Å². The second-order valence-electron chi connectivity index (χ2n) is 13.5. The molecule has 0 radical (unpaired) electrons. The average Bonchev–Trinajstić information content (AvgIpc) is 3.21. The van der Waals surface area contributed by atoms with Gasteiger partial charge in [-0.2, -0.15) is 0 Å². The molecule has 2 amide bonds. The van der Waals surface area contributed by atoms with E-state index in [0.717, 1.165) is 23.6 Å². The molecule has 0 unspecified atom stereocenters. The molecule has 2 heterocycles. The number of hydrogen-bond acceptors (Lipinski definition) is 11. The van der Waals surface area contributed by atoms with Crippen molar-refractivity contribution >= 4 is 97.1 Å². The number of nitrogens with zero attached hydrogens (tertiary/aromatic N) is 2. The molecule has 20 heteroatoms. The van der Waals surface area contributed by atoms with Crippen molar-refractivity contribution < 1.29 is 45.9 Å². The van der Waals surface area contributed by atoms with Gasteiger partial charge in [0.2, 0.25) is 10.9 Å². The molecule has 0 fully saturated rings. The predicted octanol–water partition coefficient (Wildman–Crippen LogP) is 4.15. The van der Waals surface area contributed by atoms with Crippen LogP contribution in [-0.2, 0) is 47.1 Å². The zero-order valence-electron chi connectivity index (χ0n) is 32.5. The van der Waals surface area contributed by atoms with Crippen molar-refractivity contribution in [3.05, 3.63) is 149 Å². The molecule has 61 heavy (non-hydrogen) atoms. The van der Waals surface area contributed by atoms with Gasteiger partial charge in [-0.1, -0.05) is 56.1 Å². The van der Waals surface area contributed by atoms with E-state index in [4.69, 9.17) is 5.11 Å². The van der Waals surface area contributed by atoms with Crippen LogP contribution in [-0.4, -0.2) is 87.5 Å². The number of aliphatic carboxylic acids is 1. The minimum absolute atomic E-state index is 0.123. The number of halogens is 2. The number of pyridine rings is 2. The van der Waals surface area contributed by atoms with Gasteiger partial charge < -0.3 is 29.6 Å². The van der Waals surface area contributed by atoms with E-state index >= 15 is 0 Å². The van der Waals surface area contributed by atoms with Gasteiger partial charge in [0.1, 0.15) is 24.2 Å². The summed E-state index contributed by atoms with van der Waals surface area (Å²) in [6.07, 6.45) is 5.06. The van der Waals surface area contributed by atoms with Crippen LogP contribution in [0.3, 0.4) is 0 Å². The number of methoxy groups -OCH3 is 1. The summed E-state index contributed by atoms with van der Waals surface area (Å²) in [4.78, 5) is 73.1. The standard InChI is InChI=1S/C21H19BrN2O6S.C20H17BrN2O6S/c1-30-19(25)10-23-21(27)17-12-24(18-8-5-14(22)9-16(18)20(17)26)11-13-3-6-15(7-4-13)31(2,28)29;1-30(28,29)14-5-2-12(3-6-14)10-23-11-16(20(27)22-9-18(24)25)19(26)15-8-13(21)4-7-17(15)23/h3-9,12H,10-11H2,1-2H3,(H,23,27);2-8,11H,9-10H2,1H3,(H,22,27)(H,24,25). The molecule has 0 aliphatic carbocycles. The van der Waals surface area contributed by atoms with E-state index in [2.05, 4.69) is 47.2 Å². The number of rotatable bonds is 12. The summed E-state index contributed by atoms with van der Waals surface area (Å²) in [7, 11) is -5.44. The van der Waals surface area contributed by atoms with Gasteiger partial charge >= 0.3 is 11.9 Å². The van der Waals surface area contributed by atoms with Crippen LogP contribution in [0.15, 0.2) is 126 Å². The Kier molecular flexibility index (Phi) is 14.5. The number of ether oxygens (including phenoxy) is 1. The maximum Gasteiger partial charge on any atom is 0.325 e. The summed E-state index contributed by atoms with van der Waals surface area (Å²) >= 11 is 6.65. The summed E-state index contributed by atoms with van der Waals surface area (Å²) in [6, 6.07) is 22.9. The second-order valence-corrected chi connectivity index (χ2v) is 19.4. The highest BCUT2D eigenvalue weighted by molar-refractivity contribution is 9.10. The maximum atomic E-state index is 12.9. The molecule has 0 aliphatic heterocycles. The number of hydrogen-bond donors (Lipinski definition) is 3. The molecule has 0 saturated carbocycles. The van der Waals surface area contributed by atoms with Gasteiger partial charge in [-0.15, -0.1) is 0 Å². The van der Waals surface area contributed by atoms with Crippen LogP contribution in [0.5, 0.6) is 0 Å². The molecular formula is C41H36Br2N4O12S2. The zero-order valence-corrected chi connectivity index (χ0v) is 37.3. The summed E-state index contributed by atoms with van der Waals surface area (Å²) < 4.78 is 55.9. The number of benzene rings is 4. The third-order valence-corrected chi connectivity index (χ3v) is 12.2. The van der Waals surface area contributed by atoms with Crippen molar-refractivity contribution in [1.82, 2.24) is 19.8 Å². The maximum absolute atomic E-state index is 12.9. The van der Waals surface area contributed by atoms with Crippen molar-refractivity contribution in [2.75, 3.05) is 32.7 Å². The van der Waals surface area contributed by atoms with Crippen LogP contribution in [0, 0.1) is 0 Å². The van der Waals surface area contributed by atoms with Gasteiger partial charge in [-0.3, -0.25) is 28.8 Å². The number of sulfone groups is 2. The molecule has 318 valence electrons. The van der Waals surface area contributed by atoms with Crippen LogP contribution in [0.4, 0.5) is 0 Å². The van der Waals surface area contributed by atoms with Crippen LogP contribution >= 0.6 is 31.9 Å². The topological polar surface area (TPSA) is 234 Å². The normalized spacial score (nSPS) is 11.4. The monoisotopic (exact) mass is 998 g/mol. The number of carboxylic acids is 1. The van der Waals surface area contributed by atoms with Gasteiger partial charge in [-0.25, -0.2) is 16.8 Å². The van der Waals surface area contributed by atoms with E-state index < -0.39 is 60.8 Å². The van der Waals surface area contributed by atoms with Crippen LogP contribution < -0.4 is 21.5 Å². The number of carboxylic acid groups (broad SMARTS) is 1. The molecule has 0 bridgehead atoms. The molecule has 0 aliphatic rings. The quantitative estimate of drug-likeness (QED) is 0.147. The predicted molar refractivity (Wildman–Crippen MR) is 233 cm³/mol. The van der Waals surface area contributed by atoms with Crippen molar-refractivity contribution in [3.63, 3.8) is 0 Å². The average molecular weight is 1000 g/mol. The van der Waals surface area contributed by atoms with Gasteiger partial charge in [0, 0.05) is 57.7 Å². The highest BCUT2D eigenvalue weighted by Gasteiger charge is 2.19. The Hall–Kier alpha value is -5.96. The fourth-order valence-electron chi connectivity index (χ4n) is 5.97. The molecule has 0 atom stereocenters. The van der Waals surface area contributed by atoms with Crippen molar-refractivity contribution in [3.8, 4) is 0 Å². The lowest BCUT2D eigenvalue weighted by molar-refractivity contribution is -0.139. The molecule has 2 aromatic heterocycles. The molecular weight excluding hydrogens is 964 g/mol. The van der Waals surface area contributed by atoms with Gasteiger partial charge in [-0.05, 0) is 71.8 Å². The SMILES string of the molecule is COC(=O)CNC(=O)c1cn(Cc2ccc(S(C)(=O)=O)cc2)c2ccc(Br)cc2c1=O.CS(=O)(=O)c1ccc(Cn2cc(C(=O)NCC(=O)O)c(=O)c3cc(Br)ccc32)cc1. The number of esters is 1. The summed E-state index contributed by atoms with van der Waals surface area (Å²) in [5, 5.41) is 14.0. The lowest BCUT2D eigenvalue weighted by Gasteiger charge is -2.14. The van der Waals surface area contributed by atoms with E-state index in [1.54, 1.807) is 69.8 Å². The first-order valence-electron chi connectivity index (χ1n) is 17.7. The Morgan fingerprint density at radius 2 is 1.00 bits per heavy atom. The van der Waals surface area contributed by atoms with Crippen LogP contribution in [0.1, 0.15) is 31.8 Å². The lowest BCUT2D eigenvalue weighted by Crippen LogP contribution is -2.34. The number of amides is 2.